The number of nitrogens with zero attached hydrogens (tertiary/aromatic N) is 4. The van der Waals surface area contributed by atoms with Gasteiger partial charge in [-0.1, -0.05) is 0 Å². The van der Waals surface area contributed by atoms with E-state index in [0.717, 1.165) is 16.7 Å². The fraction of sp³-hybridized carbons (Fsp3) is 0.130. The Morgan fingerprint density at radius 1 is 1.18 bits per heavy atom. The number of carboxylic acids is 1. The van der Waals surface area contributed by atoms with Crippen LogP contribution in [-0.2, 0) is 0 Å². The number of rotatable bonds is 4. The van der Waals surface area contributed by atoms with Gasteiger partial charge in [-0.2, -0.15) is 0 Å². The minimum Gasteiger partial charge on any atom is -0.477 e. The highest BCUT2D eigenvalue weighted by molar-refractivity contribution is 6.17. The van der Waals surface area contributed by atoms with Crippen molar-refractivity contribution in [2.75, 3.05) is 31.4 Å². The molecule has 0 amide bonds. The van der Waals surface area contributed by atoms with Gasteiger partial charge in [0.1, 0.15) is 16.9 Å². The number of halogens is 2. The molecule has 4 heterocycles. The highest BCUT2D eigenvalue weighted by Gasteiger charge is 2.23. The van der Waals surface area contributed by atoms with Crippen molar-refractivity contribution in [1.82, 2.24) is 19.4 Å². The topological polar surface area (TPSA) is 116 Å². The van der Waals surface area contributed by atoms with Gasteiger partial charge in [0, 0.05) is 56.9 Å². The summed E-state index contributed by atoms with van der Waals surface area (Å²) in [6.07, 6.45) is 4.03. The van der Waals surface area contributed by atoms with Crippen LogP contribution in [0.1, 0.15) is 10.4 Å². The minimum atomic E-state index is -1.38. The smallest absolute Gasteiger partial charge is 0.342 e. The molecule has 0 bridgehead atoms. The predicted octanol–water partition coefficient (Wildman–Crippen LogP) is 3.48. The summed E-state index contributed by atoms with van der Waals surface area (Å²) in [5.74, 6) is -3.39. The molecule has 0 unspecified atom stereocenters. The zero-order chi connectivity index (χ0) is 24.3. The Morgan fingerprint density at radius 2 is 1.94 bits per heavy atom. The molecular formula is C23H18F2N6O3. The summed E-state index contributed by atoms with van der Waals surface area (Å²) in [6, 6.07) is 4.34. The number of aromatic carboxylic acids is 1. The van der Waals surface area contributed by atoms with E-state index < -0.39 is 28.7 Å². The van der Waals surface area contributed by atoms with E-state index in [2.05, 4.69) is 20.3 Å². The fourth-order valence-electron chi connectivity index (χ4n) is 4.20. The van der Waals surface area contributed by atoms with Crippen LogP contribution >= 0.6 is 0 Å². The molecule has 34 heavy (non-hydrogen) atoms. The van der Waals surface area contributed by atoms with Crippen LogP contribution in [-0.4, -0.2) is 51.6 Å². The van der Waals surface area contributed by atoms with Gasteiger partial charge in [0.05, 0.1) is 27.7 Å². The van der Waals surface area contributed by atoms with Gasteiger partial charge in [0.25, 0.3) is 5.56 Å². The molecule has 0 saturated carbocycles. The fourth-order valence-corrected chi connectivity index (χ4v) is 4.20. The molecule has 0 radical (unpaired) electrons. The highest BCUT2D eigenvalue weighted by Crippen LogP contribution is 2.42. The van der Waals surface area contributed by atoms with E-state index >= 15 is 4.39 Å². The number of benzene rings is 1. The van der Waals surface area contributed by atoms with Crippen LogP contribution in [0.15, 0.2) is 41.6 Å². The Labute approximate surface area is 190 Å². The summed E-state index contributed by atoms with van der Waals surface area (Å²) in [5, 5.41) is 12.6. The Hall–Kier alpha value is -4.54. The maximum atomic E-state index is 15.1. The van der Waals surface area contributed by atoms with Gasteiger partial charge in [-0.05, 0) is 12.1 Å². The van der Waals surface area contributed by atoms with Crippen molar-refractivity contribution in [3.63, 3.8) is 0 Å². The third kappa shape index (κ3) is 2.97. The summed E-state index contributed by atoms with van der Waals surface area (Å²) in [5.41, 5.74) is 1.74. The van der Waals surface area contributed by atoms with Crippen molar-refractivity contribution >= 4 is 44.9 Å². The normalized spacial score (nSPS) is 11.4. The van der Waals surface area contributed by atoms with Gasteiger partial charge < -0.3 is 20.3 Å². The number of nitrogens with one attached hydrogen (secondary N) is 2. The van der Waals surface area contributed by atoms with Crippen LogP contribution in [0.25, 0.3) is 38.7 Å². The molecule has 172 valence electrons. The number of fused-ring (bicyclic) bond motifs is 4. The number of aromatic amines is 1. The summed E-state index contributed by atoms with van der Waals surface area (Å²) in [7, 11) is 5.12. The van der Waals surface area contributed by atoms with E-state index in [1.54, 1.807) is 44.4 Å². The summed E-state index contributed by atoms with van der Waals surface area (Å²) in [6.45, 7) is 0. The van der Waals surface area contributed by atoms with Crippen LogP contribution < -0.4 is 15.8 Å². The first-order chi connectivity index (χ1) is 16.2. The molecular weight excluding hydrogens is 446 g/mol. The van der Waals surface area contributed by atoms with Gasteiger partial charge in [-0.3, -0.25) is 9.20 Å². The van der Waals surface area contributed by atoms with Crippen LogP contribution in [0, 0.1) is 11.6 Å². The van der Waals surface area contributed by atoms with Gasteiger partial charge in [0.2, 0.25) is 0 Å². The molecule has 4 aromatic heterocycles. The zero-order valence-corrected chi connectivity index (χ0v) is 18.3. The lowest BCUT2D eigenvalue weighted by atomic mass is 10.0. The summed E-state index contributed by atoms with van der Waals surface area (Å²) in [4.78, 5) is 37.3. The molecule has 0 aliphatic carbocycles. The van der Waals surface area contributed by atoms with Crippen molar-refractivity contribution < 1.29 is 18.7 Å². The van der Waals surface area contributed by atoms with E-state index in [9.17, 15) is 19.1 Å². The Bertz CT molecular complexity index is 1710. The number of pyridine rings is 2. The third-order valence-corrected chi connectivity index (χ3v) is 5.72. The van der Waals surface area contributed by atoms with Crippen molar-refractivity contribution in [3.05, 3.63) is 64.3 Å². The molecule has 0 spiro atoms. The molecule has 11 heteroatoms. The van der Waals surface area contributed by atoms with Crippen LogP contribution in [0.4, 0.5) is 20.2 Å². The van der Waals surface area contributed by atoms with Crippen LogP contribution in [0.5, 0.6) is 0 Å². The first-order valence-corrected chi connectivity index (χ1v) is 10.2. The Morgan fingerprint density at radius 3 is 2.62 bits per heavy atom. The van der Waals surface area contributed by atoms with Crippen molar-refractivity contribution in [2.45, 2.75) is 0 Å². The number of hydrogen-bond acceptors (Lipinski definition) is 6. The maximum absolute atomic E-state index is 15.1. The average molecular weight is 464 g/mol. The summed E-state index contributed by atoms with van der Waals surface area (Å²) >= 11 is 0. The monoisotopic (exact) mass is 464 g/mol. The third-order valence-electron chi connectivity index (χ3n) is 5.72. The highest BCUT2D eigenvalue weighted by atomic mass is 19.2. The zero-order valence-electron chi connectivity index (χ0n) is 18.3. The lowest BCUT2D eigenvalue weighted by Crippen LogP contribution is -2.22. The molecule has 0 saturated heterocycles. The largest absolute Gasteiger partial charge is 0.477 e. The molecule has 1 aromatic carbocycles. The van der Waals surface area contributed by atoms with Crippen LogP contribution in [0.3, 0.4) is 0 Å². The van der Waals surface area contributed by atoms with E-state index in [1.165, 1.54) is 6.20 Å². The van der Waals surface area contributed by atoms with E-state index in [0.29, 0.717) is 39.1 Å². The number of carboxylic acid groups (broad SMARTS) is 1. The van der Waals surface area contributed by atoms with E-state index in [-0.39, 0.29) is 11.0 Å². The lowest BCUT2D eigenvalue weighted by Gasteiger charge is -2.19. The molecule has 3 N–H and O–H groups in total. The van der Waals surface area contributed by atoms with E-state index in [4.69, 9.17) is 0 Å². The van der Waals surface area contributed by atoms with Crippen molar-refractivity contribution in [3.8, 4) is 11.1 Å². The molecule has 0 fully saturated rings. The lowest BCUT2D eigenvalue weighted by molar-refractivity contribution is 0.0694. The van der Waals surface area contributed by atoms with Gasteiger partial charge in [-0.25, -0.2) is 23.5 Å². The number of carbonyl (C=O) groups is 1. The van der Waals surface area contributed by atoms with E-state index in [1.807, 2.05) is 0 Å². The van der Waals surface area contributed by atoms with Gasteiger partial charge in [0.15, 0.2) is 11.6 Å². The van der Waals surface area contributed by atoms with Gasteiger partial charge in [-0.15, -0.1) is 0 Å². The Balaban J connectivity index is 1.89. The Kier molecular flexibility index (Phi) is 4.71. The number of hydrogen-bond donors (Lipinski definition) is 3. The molecule has 0 aliphatic rings. The SMILES string of the molecule is CNc1cc(F)c(F)c2c1[nH]c1ncc(-c3ccc4ncc(C(=O)O)c(=O)n4c3)c(N(C)C)c12. The second-order valence-corrected chi connectivity index (χ2v) is 7.91. The molecule has 0 atom stereocenters. The first-order valence-electron chi connectivity index (χ1n) is 10.2. The minimum absolute atomic E-state index is 0.0465. The quantitative estimate of drug-likeness (QED) is 0.373. The van der Waals surface area contributed by atoms with Crippen molar-refractivity contribution in [2.24, 2.45) is 0 Å². The molecule has 5 aromatic rings. The second-order valence-electron chi connectivity index (χ2n) is 7.91. The number of anilines is 2. The standard InChI is InChI=1S/C23H18F2N6O3/c1-26-14-6-13(24)18(25)16-17-20(30(2)3)11(7-28-21(17)29-19(14)16)10-4-5-15-27-8-12(23(33)34)22(32)31(15)9-10/h4-9,26H,1-3H3,(H,28,29)(H,33,34). The molecule has 9 nitrogen and oxygen atoms in total. The maximum Gasteiger partial charge on any atom is 0.342 e. The average Bonchev–Trinajstić information content (AvgIpc) is 3.20. The second kappa shape index (κ2) is 7.51. The summed E-state index contributed by atoms with van der Waals surface area (Å²) < 4.78 is 30.6. The molecule has 5 rings (SSSR count). The van der Waals surface area contributed by atoms with Crippen LogP contribution in [0.2, 0.25) is 0 Å². The van der Waals surface area contributed by atoms with Crippen molar-refractivity contribution in [1.29, 1.82) is 0 Å². The van der Waals surface area contributed by atoms with Gasteiger partial charge >= 0.3 is 5.97 Å². The number of H-pyrrole nitrogens is 1. The predicted molar refractivity (Wildman–Crippen MR) is 125 cm³/mol. The molecule has 0 aliphatic heterocycles. The first kappa shape index (κ1) is 21.3. The number of aromatic nitrogens is 4.